The largest absolute Gasteiger partial charge is 0.445 e. The predicted molar refractivity (Wildman–Crippen MR) is 161 cm³/mol. The minimum Gasteiger partial charge on any atom is -0.445 e. The summed E-state index contributed by atoms with van der Waals surface area (Å²) < 4.78 is 11.4. The van der Waals surface area contributed by atoms with Crippen LogP contribution in [-0.2, 0) is 35.3 Å². The summed E-state index contributed by atoms with van der Waals surface area (Å²) in [7, 11) is 0. The number of hydrogen-bond donors (Lipinski definition) is 4. The zero-order valence-electron chi connectivity index (χ0n) is 25.9. The maximum Gasteiger partial charge on any atom is 0.408 e. The van der Waals surface area contributed by atoms with Crippen LogP contribution in [0.3, 0.4) is 0 Å². The third-order valence-electron chi connectivity index (χ3n) is 7.90. The Bertz CT molecular complexity index is 1080. The molecule has 238 valence electrons. The highest BCUT2D eigenvalue weighted by molar-refractivity contribution is 5.92. The Labute approximate surface area is 254 Å². The fraction of sp³-hybridized carbons (Fsp3) is 0.656. The lowest BCUT2D eigenvalue weighted by molar-refractivity contribution is -0.136. The highest BCUT2D eigenvalue weighted by atomic mass is 16.6. The Morgan fingerprint density at radius 1 is 0.977 bits per heavy atom. The Hall–Kier alpha value is -3.47. The highest BCUT2D eigenvalue weighted by Gasteiger charge is 2.36. The van der Waals surface area contributed by atoms with Crippen LogP contribution in [0.4, 0.5) is 4.79 Å². The molecule has 3 rings (SSSR count). The van der Waals surface area contributed by atoms with Gasteiger partial charge in [0.15, 0.2) is 0 Å². The first-order valence-electron chi connectivity index (χ1n) is 15.4. The third-order valence-corrected chi connectivity index (χ3v) is 7.90. The molecule has 5 atom stereocenters. The lowest BCUT2D eigenvalue weighted by Crippen LogP contribution is -2.59. The first kappa shape index (κ1) is 34.0. The number of hydrogen-bond acceptors (Lipinski definition) is 7. The van der Waals surface area contributed by atoms with Gasteiger partial charge in [-0.25, -0.2) is 4.79 Å². The highest BCUT2D eigenvalue weighted by Crippen LogP contribution is 2.28. The fourth-order valence-electron chi connectivity index (χ4n) is 5.77. The van der Waals surface area contributed by atoms with Crippen molar-refractivity contribution < 1.29 is 33.4 Å². The van der Waals surface area contributed by atoms with E-state index >= 15 is 0 Å². The number of nitrogens with one attached hydrogen (secondary N) is 4. The second-order valence-electron chi connectivity index (χ2n) is 12.7. The molecule has 11 nitrogen and oxygen atoms in total. The first-order valence-corrected chi connectivity index (χ1v) is 15.4. The van der Waals surface area contributed by atoms with Gasteiger partial charge in [0.25, 0.3) is 0 Å². The Kier molecular flexibility index (Phi) is 13.0. The van der Waals surface area contributed by atoms with Gasteiger partial charge in [-0.15, -0.1) is 0 Å². The molecule has 11 heteroatoms. The van der Waals surface area contributed by atoms with E-state index in [2.05, 4.69) is 21.3 Å². The van der Waals surface area contributed by atoms with E-state index < -0.39 is 47.7 Å². The molecule has 1 heterocycles. The summed E-state index contributed by atoms with van der Waals surface area (Å²) in [6.07, 6.45) is 5.38. The van der Waals surface area contributed by atoms with E-state index in [-0.39, 0.29) is 30.8 Å². The van der Waals surface area contributed by atoms with E-state index in [4.69, 9.17) is 9.47 Å². The second-order valence-corrected chi connectivity index (χ2v) is 12.7. The fourth-order valence-corrected chi connectivity index (χ4v) is 5.77. The molecule has 1 saturated heterocycles. The van der Waals surface area contributed by atoms with Gasteiger partial charge in [-0.1, -0.05) is 62.4 Å². The number of benzene rings is 1. The molecule has 0 bridgehead atoms. The maximum absolute atomic E-state index is 13.7. The summed E-state index contributed by atoms with van der Waals surface area (Å²) in [6, 6.07) is 6.21. The Morgan fingerprint density at radius 2 is 1.67 bits per heavy atom. The minimum atomic E-state index is -1.16. The van der Waals surface area contributed by atoms with Gasteiger partial charge in [-0.05, 0) is 58.4 Å². The van der Waals surface area contributed by atoms with Crippen LogP contribution < -0.4 is 21.3 Å². The molecule has 1 aromatic carbocycles. The van der Waals surface area contributed by atoms with Crippen molar-refractivity contribution in [1.29, 1.82) is 0 Å². The number of ether oxygens (including phenoxy) is 2. The van der Waals surface area contributed by atoms with Crippen molar-refractivity contribution in [2.75, 3.05) is 6.54 Å². The summed E-state index contributed by atoms with van der Waals surface area (Å²) in [6.45, 7) is 7.77. The van der Waals surface area contributed by atoms with Crippen molar-refractivity contribution in [2.45, 2.75) is 115 Å². The van der Waals surface area contributed by atoms with Crippen LogP contribution in [0.2, 0.25) is 0 Å². The van der Waals surface area contributed by atoms with E-state index in [1.165, 1.54) is 0 Å². The van der Waals surface area contributed by atoms with Gasteiger partial charge >= 0.3 is 6.09 Å². The lowest BCUT2D eigenvalue weighted by atomic mass is 9.84. The normalized spacial score (nSPS) is 20.2. The van der Waals surface area contributed by atoms with E-state index in [1.807, 2.05) is 51.1 Å². The monoisotopic (exact) mass is 600 g/mol. The van der Waals surface area contributed by atoms with Crippen LogP contribution in [0.25, 0.3) is 0 Å². The lowest BCUT2D eigenvalue weighted by Gasteiger charge is -2.32. The molecule has 4 amide bonds. The third kappa shape index (κ3) is 11.6. The Balaban J connectivity index is 1.73. The number of amides is 4. The summed E-state index contributed by atoms with van der Waals surface area (Å²) in [4.78, 5) is 64.0. The summed E-state index contributed by atoms with van der Waals surface area (Å²) in [5.41, 5.74) is 0.178. The van der Waals surface area contributed by atoms with Gasteiger partial charge < -0.3 is 35.5 Å². The smallest absolute Gasteiger partial charge is 0.408 e. The Morgan fingerprint density at radius 3 is 2.28 bits per heavy atom. The van der Waals surface area contributed by atoms with Crippen molar-refractivity contribution in [2.24, 2.45) is 11.8 Å². The van der Waals surface area contributed by atoms with Crippen LogP contribution in [0, 0.1) is 11.8 Å². The maximum atomic E-state index is 13.7. The van der Waals surface area contributed by atoms with Gasteiger partial charge in [-0.2, -0.15) is 0 Å². The standard InChI is InChI=1S/C32H48N4O7/c1-21(43-32(2,3)4)27(36-31(41)42-20-23-13-9-6-10-14-23)30(40)35-26(17-22-11-7-5-8-12-22)29(39)34-25(19-37)18-24-15-16-33-28(24)38/h6,9-10,13-14,19,21-22,24-27H,5,7-8,11-12,15-18,20H2,1-4H3,(H,33,38)(H,34,39)(H,35,40)(H,36,41)/t21-,24+,25-,26+,27+/m1/s1. The molecule has 43 heavy (non-hydrogen) atoms. The van der Waals surface area contributed by atoms with Crippen LogP contribution in [0.5, 0.6) is 0 Å². The van der Waals surface area contributed by atoms with Crippen molar-refractivity contribution in [3.8, 4) is 0 Å². The number of aldehydes is 1. The molecule has 1 aliphatic heterocycles. The number of alkyl carbamates (subject to hydrolysis) is 1. The van der Waals surface area contributed by atoms with Crippen molar-refractivity contribution >= 4 is 30.1 Å². The van der Waals surface area contributed by atoms with Gasteiger partial charge in [0.2, 0.25) is 17.7 Å². The molecule has 0 aromatic heterocycles. The molecule has 1 aliphatic carbocycles. The zero-order valence-corrected chi connectivity index (χ0v) is 25.9. The zero-order chi connectivity index (χ0) is 31.4. The molecule has 0 unspecified atom stereocenters. The molecular formula is C32H48N4O7. The van der Waals surface area contributed by atoms with Crippen molar-refractivity contribution in [1.82, 2.24) is 21.3 Å². The summed E-state index contributed by atoms with van der Waals surface area (Å²) in [5, 5.41) is 11.0. The SMILES string of the molecule is C[C@@H](OC(C)(C)C)[C@H](NC(=O)OCc1ccccc1)C(=O)N[C@@H](CC1CCCCC1)C(=O)N[C@@H](C=O)C[C@@H]1CCNC1=O. The van der Waals surface area contributed by atoms with Gasteiger partial charge in [-0.3, -0.25) is 14.4 Å². The van der Waals surface area contributed by atoms with E-state index in [0.717, 1.165) is 37.7 Å². The van der Waals surface area contributed by atoms with Crippen molar-refractivity contribution in [3.63, 3.8) is 0 Å². The molecule has 2 aliphatic rings. The number of rotatable bonds is 14. The minimum absolute atomic E-state index is 0.0222. The first-order chi connectivity index (χ1) is 20.4. The molecule has 2 fully saturated rings. The number of carbonyl (C=O) groups excluding carboxylic acids is 5. The molecule has 0 radical (unpaired) electrons. The average molecular weight is 601 g/mol. The van der Waals surface area contributed by atoms with E-state index in [1.54, 1.807) is 6.92 Å². The predicted octanol–water partition coefficient (Wildman–Crippen LogP) is 3.15. The molecule has 0 spiro atoms. The quantitative estimate of drug-likeness (QED) is 0.240. The average Bonchev–Trinajstić information content (AvgIpc) is 3.37. The summed E-state index contributed by atoms with van der Waals surface area (Å²) >= 11 is 0. The van der Waals surface area contributed by atoms with Crippen LogP contribution in [0.15, 0.2) is 30.3 Å². The second kappa shape index (κ2) is 16.4. The van der Waals surface area contributed by atoms with E-state index in [9.17, 15) is 24.0 Å². The van der Waals surface area contributed by atoms with Crippen molar-refractivity contribution in [3.05, 3.63) is 35.9 Å². The van der Waals surface area contributed by atoms with Crippen LogP contribution >= 0.6 is 0 Å². The van der Waals surface area contributed by atoms with E-state index in [0.29, 0.717) is 25.7 Å². The van der Waals surface area contributed by atoms with Gasteiger partial charge in [0.1, 0.15) is 25.0 Å². The topological polar surface area (TPSA) is 152 Å². The van der Waals surface area contributed by atoms with Gasteiger partial charge in [0.05, 0.1) is 17.7 Å². The molecular weight excluding hydrogens is 552 g/mol. The van der Waals surface area contributed by atoms with Crippen LogP contribution in [0.1, 0.15) is 84.6 Å². The summed E-state index contributed by atoms with van der Waals surface area (Å²) in [5.74, 6) is -1.35. The molecule has 1 aromatic rings. The number of carbonyl (C=O) groups is 5. The van der Waals surface area contributed by atoms with Gasteiger partial charge in [0, 0.05) is 12.5 Å². The molecule has 4 N–H and O–H groups in total. The van der Waals surface area contributed by atoms with Crippen LogP contribution in [-0.4, -0.2) is 66.5 Å². The molecule has 1 saturated carbocycles.